The SMILES string of the molecule is Cc1ccc2cccnc2c1N1CCCN(Cc2ccn(-c3ccccc3)n2)CC1. The van der Waals surface area contributed by atoms with E-state index in [1.54, 1.807) is 0 Å². The average molecular weight is 398 g/mol. The summed E-state index contributed by atoms with van der Waals surface area (Å²) in [4.78, 5) is 9.74. The van der Waals surface area contributed by atoms with Gasteiger partial charge in [-0.3, -0.25) is 9.88 Å². The molecule has 30 heavy (non-hydrogen) atoms. The number of para-hydroxylation sites is 1. The maximum absolute atomic E-state index is 4.79. The van der Waals surface area contributed by atoms with Crippen LogP contribution < -0.4 is 4.90 Å². The lowest BCUT2D eigenvalue weighted by Gasteiger charge is -2.26. The van der Waals surface area contributed by atoms with Crippen LogP contribution in [0.25, 0.3) is 16.6 Å². The minimum absolute atomic E-state index is 0.889. The quantitative estimate of drug-likeness (QED) is 0.510. The van der Waals surface area contributed by atoms with Gasteiger partial charge in [0.05, 0.1) is 22.6 Å². The van der Waals surface area contributed by atoms with Crippen molar-refractivity contribution in [3.8, 4) is 5.69 Å². The molecule has 5 nitrogen and oxygen atoms in total. The first-order chi connectivity index (χ1) is 14.8. The normalized spacial score (nSPS) is 15.4. The molecule has 4 aromatic rings. The lowest BCUT2D eigenvalue weighted by atomic mass is 10.1. The van der Waals surface area contributed by atoms with Crippen LogP contribution in [-0.4, -0.2) is 45.8 Å². The Morgan fingerprint density at radius 2 is 1.77 bits per heavy atom. The van der Waals surface area contributed by atoms with Crippen LogP contribution in [-0.2, 0) is 6.54 Å². The Bertz CT molecular complexity index is 1130. The third kappa shape index (κ3) is 3.81. The number of pyridine rings is 1. The molecule has 2 aromatic carbocycles. The standard InChI is InChI=1S/C25H27N5/c1-20-10-11-21-7-5-13-26-24(21)25(20)29-15-6-14-28(17-18-29)19-22-12-16-30(27-22)23-8-3-2-4-9-23/h2-5,7-13,16H,6,14-15,17-19H2,1H3. The van der Waals surface area contributed by atoms with Crippen LogP contribution >= 0.6 is 0 Å². The molecule has 5 heteroatoms. The Morgan fingerprint density at radius 3 is 2.67 bits per heavy atom. The van der Waals surface area contributed by atoms with Crippen LogP contribution in [0.3, 0.4) is 0 Å². The zero-order valence-electron chi connectivity index (χ0n) is 17.4. The van der Waals surface area contributed by atoms with Gasteiger partial charge in [0.25, 0.3) is 0 Å². The van der Waals surface area contributed by atoms with E-state index in [0.717, 1.165) is 56.0 Å². The molecule has 0 radical (unpaired) electrons. The molecule has 0 aliphatic carbocycles. The maximum atomic E-state index is 4.79. The lowest BCUT2D eigenvalue weighted by molar-refractivity contribution is 0.281. The summed E-state index contributed by atoms with van der Waals surface area (Å²) >= 11 is 0. The third-order valence-electron chi connectivity index (χ3n) is 5.91. The fourth-order valence-electron chi connectivity index (χ4n) is 4.38. The van der Waals surface area contributed by atoms with Gasteiger partial charge in [0.15, 0.2) is 0 Å². The van der Waals surface area contributed by atoms with Gasteiger partial charge in [-0.25, -0.2) is 4.68 Å². The van der Waals surface area contributed by atoms with E-state index >= 15 is 0 Å². The van der Waals surface area contributed by atoms with Crippen molar-refractivity contribution in [2.45, 2.75) is 19.9 Å². The van der Waals surface area contributed by atoms with Crippen molar-refractivity contribution >= 4 is 16.6 Å². The van der Waals surface area contributed by atoms with Gasteiger partial charge < -0.3 is 4.90 Å². The number of hydrogen-bond donors (Lipinski definition) is 0. The molecule has 2 aromatic heterocycles. The summed E-state index contributed by atoms with van der Waals surface area (Å²) < 4.78 is 1.96. The van der Waals surface area contributed by atoms with Crippen molar-refractivity contribution in [2.24, 2.45) is 0 Å². The average Bonchev–Trinajstić information content (AvgIpc) is 3.13. The molecule has 152 valence electrons. The van der Waals surface area contributed by atoms with Crippen LogP contribution in [0.4, 0.5) is 5.69 Å². The molecular formula is C25H27N5. The van der Waals surface area contributed by atoms with Crippen molar-refractivity contribution in [3.63, 3.8) is 0 Å². The summed E-state index contributed by atoms with van der Waals surface area (Å²) in [6, 6.07) is 21.0. The highest BCUT2D eigenvalue weighted by molar-refractivity contribution is 5.92. The van der Waals surface area contributed by atoms with E-state index in [2.05, 4.69) is 59.3 Å². The number of rotatable bonds is 4. The van der Waals surface area contributed by atoms with Crippen LogP contribution in [0, 0.1) is 6.92 Å². The highest BCUT2D eigenvalue weighted by atomic mass is 15.3. The minimum Gasteiger partial charge on any atom is -0.368 e. The van der Waals surface area contributed by atoms with E-state index in [4.69, 9.17) is 10.1 Å². The largest absolute Gasteiger partial charge is 0.368 e. The first-order valence-corrected chi connectivity index (χ1v) is 10.7. The molecule has 0 unspecified atom stereocenters. The molecule has 1 saturated heterocycles. The van der Waals surface area contributed by atoms with Gasteiger partial charge in [-0.05, 0) is 43.2 Å². The van der Waals surface area contributed by atoms with Crippen molar-refractivity contribution in [3.05, 3.63) is 84.3 Å². The van der Waals surface area contributed by atoms with E-state index in [0.29, 0.717) is 0 Å². The lowest BCUT2D eigenvalue weighted by Crippen LogP contribution is -2.31. The molecule has 0 saturated carbocycles. The molecule has 5 rings (SSSR count). The van der Waals surface area contributed by atoms with E-state index in [1.165, 1.54) is 16.6 Å². The Labute approximate surface area is 177 Å². The molecular weight excluding hydrogens is 370 g/mol. The second-order valence-corrected chi connectivity index (χ2v) is 8.01. The fourth-order valence-corrected chi connectivity index (χ4v) is 4.38. The molecule has 1 fully saturated rings. The second kappa shape index (κ2) is 8.28. The molecule has 0 amide bonds. The van der Waals surface area contributed by atoms with Crippen molar-refractivity contribution < 1.29 is 0 Å². The summed E-state index contributed by atoms with van der Waals surface area (Å²) in [7, 11) is 0. The highest BCUT2D eigenvalue weighted by Crippen LogP contribution is 2.29. The topological polar surface area (TPSA) is 37.2 Å². The first-order valence-electron chi connectivity index (χ1n) is 10.7. The minimum atomic E-state index is 0.889. The van der Waals surface area contributed by atoms with Crippen LogP contribution in [0.5, 0.6) is 0 Å². The van der Waals surface area contributed by atoms with Crippen LogP contribution in [0.2, 0.25) is 0 Å². The number of nitrogens with zero attached hydrogens (tertiary/aromatic N) is 5. The van der Waals surface area contributed by atoms with E-state index in [-0.39, 0.29) is 0 Å². The molecule has 1 aliphatic rings. The molecule has 3 heterocycles. The predicted molar refractivity (Wildman–Crippen MR) is 122 cm³/mol. The number of fused-ring (bicyclic) bond motifs is 1. The van der Waals surface area contributed by atoms with Crippen LogP contribution in [0.1, 0.15) is 17.7 Å². The van der Waals surface area contributed by atoms with E-state index in [1.807, 2.05) is 35.1 Å². The van der Waals surface area contributed by atoms with Crippen molar-refractivity contribution in [1.29, 1.82) is 0 Å². The smallest absolute Gasteiger partial charge is 0.0937 e. The molecule has 1 aliphatic heterocycles. The molecule has 0 atom stereocenters. The maximum Gasteiger partial charge on any atom is 0.0937 e. The van der Waals surface area contributed by atoms with Crippen molar-refractivity contribution in [2.75, 3.05) is 31.1 Å². The van der Waals surface area contributed by atoms with Gasteiger partial charge in [0.1, 0.15) is 0 Å². The number of anilines is 1. The van der Waals surface area contributed by atoms with Gasteiger partial charge in [0, 0.05) is 50.5 Å². The Balaban J connectivity index is 1.30. The van der Waals surface area contributed by atoms with Gasteiger partial charge in [-0.2, -0.15) is 5.10 Å². The number of benzene rings is 2. The van der Waals surface area contributed by atoms with E-state index < -0.39 is 0 Å². The zero-order chi connectivity index (χ0) is 20.3. The van der Waals surface area contributed by atoms with Crippen LogP contribution in [0.15, 0.2) is 73.1 Å². The summed E-state index contributed by atoms with van der Waals surface area (Å²) in [5.74, 6) is 0. The third-order valence-corrected chi connectivity index (χ3v) is 5.91. The molecule has 0 spiro atoms. The Kier molecular flexibility index (Phi) is 5.20. The molecule has 0 bridgehead atoms. The summed E-state index contributed by atoms with van der Waals surface area (Å²) in [5.41, 5.74) is 5.94. The highest BCUT2D eigenvalue weighted by Gasteiger charge is 2.19. The van der Waals surface area contributed by atoms with E-state index in [9.17, 15) is 0 Å². The summed E-state index contributed by atoms with van der Waals surface area (Å²) in [6.45, 7) is 7.27. The molecule has 0 N–H and O–H groups in total. The number of aryl methyl sites for hydroxylation is 1. The van der Waals surface area contributed by atoms with Gasteiger partial charge in [-0.1, -0.05) is 36.4 Å². The zero-order valence-corrected chi connectivity index (χ0v) is 17.4. The summed E-state index contributed by atoms with van der Waals surface area (Å²) in [5, 5.41) is 6.00. The number of hydrogen-bond acceptors (Lipinski definition) is 4. The first kappa shape index (κ1) is 18.8. The Morgan fingerprint density at radius 1 is 0.867 bits per heavy atom. The Hall–Kier alpha value is -3.18. The monoisotopic (exact) mass is 397 g/mol. The number of aromatic nitrogens is 3. The van der Waals surface area contributed by atoms with Gasteiger partial charge in [-0.15, -0.1) is 0 Å². The summed E-state index contributed by atoms with van der Waals surface area (Å²) in [6.07, 6.45) is 5.10. The van der Waals surface area contributed by atoms with Gasteiger partial charge in [0.2, 0.25) is 0 Å². The fraction of sp³-hybridized carbons (Fsp3) is 0.280. The second-order valence-electron chi connectivity index (χ2n) is 8.01. The van der Waals surface area contributed by atoms with Gasteiger partial charge >= 0.3 is 0 Å². The van der Waals surface area contributed by atoms with Crippen molar-refractivity contribution in [1.82, 2.24) is 19.7 Å². The predicted octanol–water partition coefficient (Wildman–Crippen LogP) is 4.44.